The summed E-state index contributed by atoms with van der Waals surface area (Å²) in [6.07, 6.45) is 42.2. The second-order valence-corrected chi connectivity index (χ2v) is 18.2. The topological polar surface area (TPSA) is 94.1 Å². The Morgan fingerprint density at radius 1 is 0.556 bits per heavy atom. The molecule has 54 heavy (non-hydrogen) atoms. The molecule has 0 saturated heterocycles. The summed E-state index contributed by atoms with van der Waals surface area (Å²) in [5.41, 5.74) is 0. The molecule has 0 aromatic heterocycles. The van der Waals surface area contributed by atoms with Crippen molar-refractivity contribution in [2.24, 2.45) is 0 Å². The van der Waals surface area contributed by atoms with Crippen LogP contribution in [0.15, 0.2) is 12.2 Å². The first-order valence-corrected chi connectivity index (χ1v) is 24.4. The Morgan fingerprint density at radius 2 is 0.963 bits per heavy atom. The number of unbranched alkanes of at least 4 members (excludes halogenated alkanes) is 27. The highest BCUT2D eigenvalue weighted by atomic mass is 31.2. The number of phosphoric ester groups is 1. The van der Waals surface area contributed by atoms with E-state index in [0.29, 0.717) is 24.1 Å². The Bertz CT molecular complexity index is 879. The van der Waals surface area contributed by atoms with Crippen LogP contribution in [0.1, 0.15) is 213 Å². The van der Waals surface area contributed by atoms with Gasteiger partial charge in [0.2, 0.25) is 0 Å². The van der Waals surface area contributed by atoms with Gasteiger partial charge in [-0.1, -0.05) is 180 Å². The maximum atomic E-state index is 12.7. The number of esters is 1. The van der Waals surface area contributed by atoms with E-state index in [2.05, 4.69) is 26.0 Å². The van der Waals surface area contributed by atoms with Gasteiger partial charge in [0.05, 0.1) is 34.4 Å². The minimum absolute atomic E-state index is 0.0278. The summed E-state index contributed by atoms with van der Waals surface area (Å²) >= 11 is 0. The number of rotatable bonds is 43. The fraction of sp³-hybridized carbons (Fsp3) is 0.933. The predicted molar refractivity (Wildman–Crippen MR) is 227 cm³/mol. The van der Waals surface area contributed by atoms with E-state index in [0.717, 1.165) is 44.9 Å². The van der Waals surface area contributed by atoms with Gasteiger partial charge in [0.15, 0.2) is 0 Å². The molecular weight excluding hydrogens is 697 g/mol. The van der Waals surface area contributed by atoms with E-state index in [-0.39, 0.29) is 25.8 Å². The molecule has 9 heteroatoms. The summed E-state index contributed by atoms with van der Waals surface area (Å²) in [4.78, 5) is 25.1. The van der Waals surface area contributed by atoms with Gasteiger partial charge in [0.1, 0.15) is 19.3 Å². The number of phosphoric acid groups is 1. The first-order chi connectivity index (χ1) is 26.1. The van der Waals surface area contributed by atoms with Crippen LogP contribution < -0.4 is 4.89 Å². The zero-order valence-corrected chi connectivity index (χ0v) is 37.3. The molecule has 0 aromatic carbocycles. The largest absolute Gasteiger partial charge is 0.756 e. The van der Waals surface area contributed by atoms with Crippen LogP contribution in [0.5, 0.6) is 0 Å². The van der Waals surface area contributed by atoms with Gasteiger partial charge in [0, 0.05) is 13.0 Å². The highest BCUT2D eigenvalue weighted by Crippen LogP contribution is 2.38. The quantitative estimate of drug-likeness (QED) is 0.0200. The Labute approximate surface area is 335 Å². The molecule has 0 rings (SSSR count). The zero-order valence-electron chi connectivity index (χ0n) is 36.4. The fourth-order valence-corrected chi connectivity index (χ4v) is 7.21. The van der Waals surface area contributed by atoms with Crippen molar-refractivity contribution in [3.05, 3.63) is 12.2 Å². The molecule has 0 amide bonds. The van der Waals surface area contributed by atoms with Gasteiger partial charge < -0.3 is 27.9 Å². The van der Waals surface area contributed by atoms with Crippen LogP contribution in [0.25, 0.3) is 0 Å². The second kappa shape index (κ2) is 39.1. The van der Waals surface area contributed by atoms with Crippen molar-refractivity contribution in [3.63, 3.8) is 0 Å². The molecule has 0 heterocycles. The molecule has 0 aliphatic rings. The monoisotopic (exact) mass is 788 g/mol. The van der Waals surface area contributed by atoms with Crippen molar-refractivity contribution in [2.45, 2.75) is 219 Å². The van der Waals surface area contributed by atoms with Crippen molar-refractivity contribution < 1.29 is 37.3 Å². The van der Waals surface area contributed by atoms with Crippen LogP contribution in [-0.2, 0) is 27.9 Å². The predicted octanol–water partition coefficient (Wildman–Crippen LogP) is 12.8. The summed E-state index contributed by atoms with van der Waals surface area (Å²) < 4.78 is 34.6. The third-order valence-electron chi connectivity index (χ3n) is 10.1. The van der Waals surface area contributed by atoms with Crippen molar-refractivity contribution in [1.82, 2.24) is 0 Å². The Hall–Kier alpha value is -0.760. The van der Waals surface area contributed by atoms with E-state index < -0.39 is 13.9 Å². The molecular formula is C45H90NO7P. The summed E-state index contributed by atoms with van der Waals surface area (Å²) in [6, 6.07) is 0. The molecule has 0 fully saturated rings. The number of allylic oxidation sites excluding steroid dienone is 2. The lowest BCUT2D eigenvalue weighted by Crippen LogP contribution is -2.37. The number of ether oxygens (including phenoxy) is 2. The summed E-state index contributed by atoms with van der Waals surface area (Å²) in [6.45, 7) is 5.44. The number of quaternary nitrogens is 1. The van der Waals surface area contributed by atoms with Crippen molar-refractivity contribution in [3.8, 4) is 0 Å². The standard InChI is InChI=1S/C45H90NO7P/c1-6-8-10-12-14-16-18-20-22-24-26-28-30-32-34-36-38-45(47)53-44(43-52-54(48,49)51-41-39-46(3,4)5)42-50-40-37-35-33-31-29-27-25-23-21-19-17-15-13-11-9-7-2/h22,24,44H,6-21,23,25-43H2,1-5H3/b24-22-. The lowest BCUT2D eigenvalue weighted by atomic mass is 10.0. The summed E-state index contributed by atoms with van der Waals surface area (Å²) in [7, 11) is 1.36. The molecule has 0 radical (unpaired) electrons. The molecule has 0 N–H and O–H groups in total. The molecule has 0 aliphatic carbocycles. The average Bonchev–Trinajstić information content (AvgIpc) is 3.12. The minimum atomic E-state index is -4.52. The molecule has 0 spiro atoms. The molecule has 2 atom stereocenters. The normalized spacial score (nSPS) is 13.8. The highest BCUT2D eigenvalue weighted by molar-refractivity contribution is 7.45. The van der Waals surface area contributed by atoms with Crippen LogP contribution in [0.4, 0.5) is 0 Å². The van der Waals surface area contributed by atoms with Crippen molar-refractivity contribution in [1.29, 1.82) is 0 Å². The third kappa shape index (κ3) is 42.4. The van der Waals surface area contributed by atoms with Crippen molar-refractivity contribution in [2.75, 3.05) is 54.1 Å². The number of nitrogens with zero attached hydrogens (tertiary/aromatic N) is 1. The van der Waals surface area contributed by atoms with E-state index in [1.54, 1.807) is 0 Å². The Morgan fingerprint density at radius 3 is 1.41 bits per heavy atom. The number of hydrogen-bond donors (Lipinski definition) is 0. The van der Waals surface area contributed by atoms with E-state index in [9.17, 15) is 14.3 Å². The molecule has 8 nitrogen and oxygen atoms in total. The second-order valence-electron chi connectivity index (χ2n) is 16.8. The smallest absolute Gasteiger partial charge is 0.306 e. The van der Waals surface area contributed by atoms with Gasteiger partial charge in [-0.15, -0.1) is 0 Å². The summed E-state index contributed by atoms with van der Waals surface area (Å²) in [5.74, 6) is -0.338. The molecule has 0 bridgehead atoms. The zero-order chi connectivity index (χ0) is 39.9. The fourth-order valence-electron chi connectivity index (χ4n) is 6.48. The Balaban J connectivity index is 4.20. The van der Waals surface area contributed by atoms with Crippen LogP contribution in [0, 0.1) is 0 Å². The number of likely N-dealkylation sites (N-methyl/N-ethyl adjacent to an activating group) is 1. The van der Waals surface area contributed by atoms with Crippen LogP contribution in [-0.4, -0.2) is 70.7 Å². The van der Waals surface area contributed by atoms with Gasteiger partial charge in [0.25, 0.3) is 7.82 Å². The molecule has 322 valence electrons. The van der Waals surface area contributed by atoms with Crippen LogP contribution in [0.3, 0.4) is 0 Å². The van der Waals surface area contributed by atoms with Gasteiger partial charge in [-0.25, -0.2) is 0 Å². The van der Waals surface area contributed by atoms with E-state index >= 15 is 0 Å². The van der Waals surface area contributed by atoms with Gasteiger partial charge in [-0.05, 0) is 38.5 Å². The maximum absolute atomic E-state index is 12.7. The first-order valence-electron chi connectivity index (χ1n) is 22.9. The third-order valence-corrected chi connectivity index (χ3v) is 11.0. The molecule has 0 aliphatic heterocycles. The van der Waals surface area contributed by atoms with Gasteiger partial charge in [-0.2, -0.15) is 0 Å². The van der Waals surface area contributed by atoms with E-state index in [1.807, 2.05) is 21.1 Å². The Kier molecular flexibility index (Phi) is 38.5. The van der Waals surface area contributed by atoms with Crippen molar-refractivity contribution >= 4 is 13.8 Å². The number of hydrogen-bond acceptors (Lipinski definition) is 7. The molecule has 2 unspecified atom stereocenters. The molecule has 0 aromatic rings. The maximum Gasteiger partial charge on any atom is 0.306 e. The van der Waals surface area contributed by atoms with Crippen LogP contribution >= 0.6 is 7.82 Å². The number of carbonyl (C=O) groups is 1. The van der Waals surface area contributed by atoms with E-state index in [1.165, 1.54) is 148 Å². The minimum Gasteiger partial charge on any atom is -0.756 e. The SMILES string of the molecule is CCCCCCCCC/C=C\CCCCCCCC(=O)OC(COCCCCCCCCCCCCCCCCCC)COP(=O)([O-])OCC[N+](C)(C)C. The lowest BCUT2D eigenvalue weighted by molar-refractivity contribution is -0.870. The van der Waals surface area contributed by atoms with Crippen LogP contribution in [0.2, 0.25) is 0 Å². The molecule has 0 saturated carbocycles. The van der Waals surface area contributed by atoms with Gasteiger partial charge in [-0.3, -0.25) is 9.36 Å². The summed E-state index contributed by atoms with van der Waals surface area (Å²) in [5, 5.41) is 0. The number of carbonyl (C=O) groups excluding carboxylic acids is 1. The van der Waals surface area contributed by atoms with E-state index in [4.69, 9.17) is 18.5 Å². The highest BCUT2D eigenvalue weighted by Gasteiger charge is 2.20. The average molecular weight is 788 g/mol. The van der Waals surface area contributed by atoms with Gasteiger partial charge >= 0.3 is 5.97 Å². The first kappa shape index (κ1) is 53.2. The lowest BCUT2D eigenvalue weighted by Gasteiger charge is -2.28.